The molecule has 0 fully saturated rings. The van der Waals surface area contributed by atoms with Crippen LogP contribution in [-0.4, -0.2) is 32.1 Å². The summed E-state index contributed by atoms with van der Waals surface area (Å²) in [7, 11) is 0. The summed E-state index contributed by atoms with van der Waals surface area (Å²) in [5.41, 5.74) is 0.170. The second kappa shape index (κ2) is 7.71. The van der Waals surface area contributed by atoms with Gasteiger partial charge in [0, 0.05) is 16.4 Å². The summed E-state index contributed by atoms with van der Waals surface area (Å²) in [6.45, 7) is 1.63. The number of halogens is 1. The minimum atomic E-state index is -0.202. The predicted molar refractivity (Wildman–Crippen MR) is 84.9 cm³/mol. The van der Waals surface area contributed by atoms with E-state index in [2.05, 4.69) is 27.3 Å². The largest absolute Gasteiger partial charge is 0.298 e. The normalized spacial score (nSPS) is 12.3. The fourth-order valence-electron chi connectivity index (χ4n) is 1.36. The third kappa shape index (κ3) is 4.85. The maximum Gasteiger partial charge on any atom is 0.273 e. The SMILES string of the molecule is Cc1nnc(SC[C@H](Cl)CSc2ccccc2)[nH]c1=O. The zero-order valence-electron chi connectivity index (χ0n) is 10.9. The number of alkyl halides is 1. The van der Waals surface area contributed by atoms with E-state index < -0.39 is 0 Å². The van der Waals surface area contributed by atoms with Gasteiger partial charge in [0.1, 0.15) is 5.69 Å². The first-order valence-electron chi connectivity index (χ1n) is 6.03. The predicted octanol–water partition coefficient (Wildman–Crippen LogP) is 2.97. The maximum absolute atomic E-state index is 11.4. The lowest BCUT2D eigenvalue weighted by molar-refractivity contribution is 0.789. The fraction of sp³-hybridized carbons (Fsp3) is 0.308. The smallest absolute Gasteiger partial charge is 0.273 e. The lowest BCUT2D eigenvalue weighted by atomic mass is 10.4. The van der Waals surface area contributed by atoms with Crippen LogP contribution in [-0.2, 0) is 0 Å². The van der Waals surface area contributed by atoms with Crippen molar-refractivity contribution in [1.82, 2.24) is 15.2 Å². The van der Waals surface area contributed by atoms with E-state index in [0.717, 1.165) is 5.75 Å². The number of hydrogen-bond acceptors (Lipinski definition) is 5. The van der Waals surface area contributed by atoms with E-state index in [-0.39, 0.29) is 10.9 Å². The molecule has 2 aromatic rings. The van der Waals surface area contributed by atoms with E-state index in [1.165, 1.54) is 16.7 Å². The molecule has 0 bridgehead atoms. The van der Waals surface area contributed by atoms with Crippen molar-refractivity contribution in [2.24, 2.45) is 0 Å². The van der Waals surface area contributed by atoms with E-state index in [1.807, 2.05) is 18.2 Å². The summed E-state index contributed by atoms with van der Waals surface area (Å²) < 4.78 is 0. The van der Waals surface area contributed by atoms with Gasteiger partial charge >= 0.3 is 0 Å². The van der Waals surface area contributed by atoms with E-state index in [4.69, 9.17) is 11.6 Å². The molecule has 0 radical (unpaired) electrons. The second-order valence-electron chi connectivity index (χ2n) is 4.08. The molecule has 1 heterocycles. The van der Waals surface area contributed by atoms with Crippen LogP contribution in [0.3, 0.4) is 0 Å². The lowest BCUT2D eigenvalue weighted by Crippen LogP contribution is -2.15. The molecule has 0 saturated heterocycles. The van der Waals surface area contributed by atoms with Gasteiger partial charge in [0.2, 0.25) is 0 Å². The highest BCUT2D eigenvalue weighted by molar-refractivity contribution is 8.00. The number of thioether (sulfide) groups is 2. The number of benzene rings is 1. The van der Waals surface area contributed by atoms with Gasteiger partial charge in [0.25, 0.3) is 5.56 Å². The van der Waals surface area contributed by atoms with Crippen LogP contribution in [0, 0.1) is 6.92 Å². The molecule has 1 atom stereocenters. The first-order valence-corrected chi connectivity index (χ1v) is 8.44. The first-order chi connectivity index (χ1) is 9.65. The van der Waals surface area contributed by atoms with E-state index in [9.17, 15) is 4.79 Å². The van der Waals surface area contributed by atoms with Gasteiger partial charge in [-0.15, -0.1) is 33.6 Å². The Morgan fingerprint density at radius 2 is 1.90 bits per heavy atom. The summed E-state index contributed by atoms with van der Waals surface area (Å²) in [5, 5.41) is 8.22. The average molecular weight is 328 g/mol. The second-order valence-corrected chi connectivity index (χ2v) is 6.80. The Bertz CT molecular complexity index is 606. The molecule has 4 nitrogen and oxygen atoms in total. The van der Waals surface area contributed by atoms with Crippen molar-refractivity contribution in [3.05, 3.63) is 46.4 Å². The van der Waals surface area contributed by atoms with Crippen LogP contribution in [0.4, 0.5) is 0 Å². The van der Waals surface area contributed by atoms with E-state index in [0.29, 0.717) is 16.6 Å². The van der Waals surface area contributed by atoms with Crippen LogP contribution >= 0.6 is 35.1 Å². The average Bonchev–Trinajstić information content (AvgIpc) is 2.47. The molecule has 0 aliphatic carbocycles. The molecule has 2 rings (SSSR count). The van der Waals surface area contributed by atoms with Crippen LogP contribution in [0.25, 0.3) is 0 Å². The minimum absolute atomic E-state index is 0.00295. The van der Waals surface area contributed by atoms with Crippen molar-refractivity contribution in [3.8, 4) is 0 Å². The molecule has 0 saturated carbocycles. The fourth-order valence-corrected chi connectivity index (χ4v) is 3.45. The number of aryl methyl sites for hydroxylation is 1. The van der Waals surface area contributed by atoms with Crippen molar-refractivity contribution in [2.75, 3.05) is 11.5 Å². The third-order valence-corrected chi connectivity index (χ3v) is 5.29. The molecule has 0 unspecified atom stereocenters. The van der Waals surface area contributed by atoms with E-state index >= 15 is 0 Å². The van der Waals surface area contributed by atoms with Crippen LogP contribution in [0.15, 0.2) is 45.2 Å². The summed E-state index contributed by atoms with van der Waals surface area (Å²) in [6, 6.07) is 10.1. The molecule has 0 aliphatic heterocycles. The van der Waals surface area contributed by atoms with Gasteiger partial charge in [-0.1, -0.05) is 30.0 Å². The Morgan fingerprint density at radius 1 is 1.20 bits per heavy atom. The molecule has 1 aromatic heterocycles. The first kappa shape index (κ1) is 15.4. The Morgan fingerprint density at radius 3 is 2.60 bits per heavy atom. The Balaban J connectivity index is 1.78. The molecule has 0 aliphatic rings. The third-order valence-electron chi connectivity index (χ3n) is 2.41. The monoisotopic (exact) mass is 327 g/mol. The van der Waals surface area contributed by atoms with Crippen LogP contribution in [0.5, 0.6) is 0 Å². The van der Waals surface area contributed by atoms with Crippen LogP contribution in [0.1, 0.15) is 5.69 Å². The van der Waals surface area contributed by atoms with Gasteiger partial charge in [-0.2, -0.15) is 0 Å². The van der Waals surface area contributed by atoms with Gasteiger partial charge in [0.05, 0.1) is 5.38 Å². The summed E-state index contributed by atoms with van der Waals surface area (Å²) in [6.07, 6.45) is 0. The molecule has 20 heavy (non-hydrogen) atoms. The van der Waals surface area contributed by atoms with Gasteiger partial charge in [-0.25, -0.2) is 0 Å². The topological polar surface area (TPSA) is 58.6 Å². The number of aromatic amines is 1. The number of rotatable bonds is 6. The molecule has 0 spiro atoms. The summed E-state index contributed by atoms with van der Waals surface area (Å²) >= 11 is 9.40. The van der Waals surface area contributed by atoms with Gasteiger partial charge in [0.15, 0.2) is 5.16 Å². The highest BCUT2D eigenvalue weighted by Crippen LogP contribution is 2.23. The molecule has 0 amide bonds. The number of hydrogen-bond donors (Lipinski definition) is 1. The van der Waals surface area contributed by atoms with Gasteiger partial charge in [-0.3, -0.25) is 9.78 Å². The molecule has 7 heteroatoms. The molecule has 1 N–H and O–H groups in total. The van der Waals surface area contributed by atoms with Crippen LogP contribution < -0.4 is 5.56 Å². The van der Waals surface area contributed by atoms with E-state index in [1.54, 1.807) is 18.7 Å². The number of aromatic nitrogens is 3. The number of H-pyrrole nitrogens is 1. The zero-order chi connectivity index (χ0) is 14.4. The molecule has 1 aromatic carbocycles. The summed E-state index contributed by atoms with van der Waals surface area (Å²) in [4.78, 5) is 15.3. The Kier molecular flexibility index (Phi) is 5.94. The minimum Gasteiger partial charge on any atom is -0.298 e. The molecular formula is C13H14ClN3OS2. The number of nitrogens with zero attached hydrogens (tertiary/aromatic N) is 2. The van der Waals surface area contributed by atoms with Crippen LogP contribution in [0.2, 0.25) is 0 Å². The highest BCUT2D eigenvalue weighted by atomic mass is 35.5. The van der Waals surface area contributed by atoms with Gasteiger partial charge < -0.3 is 0 Å². The Hall–Kier alpha value is -0.980. The zero-order valence-corrected chi connectivity index (χ0v) is 13.3. The van der Waals surface area contributed by atoms with Crippen molar-refractivity contribution in [2.45, 2.75) is 22.4 Å². The van der Waals surface area contributed by atoms with Crippen molar-refractivity contribution >= 4 is 35.1 Å². The maximum atomic E-state index is 11.4. The number of nitrogens with one attached hydrogen (secondary N) is 1. The summed E-state index contributed by atoms with van der Waals surface area (Å²) in [5.74, 6) is 1.48. The van der Waals surface area contributed by atoms with Crippen molar-refractivity contribution < 1.29 is 0 Å². The Labute approximate surface area is 130 Å². The van der Waals surface area contributed by atoms with Gasteiger partial charge in [-0.05, 0) is 19.1 Å². The lowest BCUT2D eigenvalue weighted by Gasteiger charge is -2.08. The standard InChI is InChI=1S/C13H14ClN3OS2/c1-9-12(18)15-13(17-16-9)20-8-10(14)7-19-11-5-3-2-4-6-11/h2-6,10H,7-8H2,1H3,(H,15,17,18)/t10-/m1/s1. The molecule has 106 valence electrons. The quantitative estimate of drug-likeness (QED) is 0.653. The highest BCUT2D eigenvalue weighted by Gasteiger charge is 2.08. The van der Waals surface area contributed by atoms with Crippen molar-refractivity contribution in [1.29, 1.82) is 0 Å². The van der Waals surface area contributed by atoms with Crippen molar-refractivity contribution in [3.63, 3.8) is 0 Å². The molecular weight excluding hydrogens is 314 g/mol.